The maximum Gasteiger partial charge on any atom is 0.264 e. The first kappa shape index (κ1) is 16.5. The molecule has 23 heavy (non-hydrogen) atoms. The number of nitrogens with zero attached hydrogens (tertiary/aromatic N) is 3. The van der Waals surface area contributed by atoms with Gasteiger partial charge in [0.05, 0.1) is 0 Å². The Hall–Kier alpha value is -2.87. The van der Waals surface area contributed by atoms with Crippen LogP contribution in [0.25, 0.3) is 11.8 Å². The van der Waals surface area contributed by atoms with Crippen LogP contribution in [0.1, 0.15) is 17.0 Å². The van der Waals surface area contributed by atoms with E-state index in [9.17, 15) is 14.4 Å². The lowest BCUT2D eigenvalue weighted by Crippen LogP contribution is -2.22. The van der Waals surface area contributed by atoms with Gasteiger partial charge < -0.3 is 9.47 Å². The predicted molar refractivity (Wildman–Crippen MR) is 87.5 cm³/mol. The van der Waals surface area contributed by atoms with Crippen LogP contribution in [0.4, 0.5) is 4.39 Å². The number of benzene rings is 1. The zero-order chi connectivity index (χ0) is 17.1. The van der Waals surface area contributed by atoms with E-state index < -0.39 is 0 Å². The van der Waals surface area contributed by atoms with Gasteiger partial charge in [-0.05, 0) is 55.8 Å². The van der Waals surface area contributed by atoms with Crippen LogP contribution in [-0.2, 0) is 4.79 Å². The molecule has 0 saturated heterocycles. The zero-order valence-electron chi connectivity index (χ0n) is 13.6. The van der Waals surface area contributed by atoms with Gasteiger partial charge in [-0.3, -0.25) is 4.79 Å². The number of halogens is 1. The third-order valence-electron chi connectivity index (χ3n) is 3.61. The van der Waals surface area contributed by atoms with Crippen LogP contribution in [0.3, 0.4) is 0 Å². The molecule has 0 radical (unpaired) electrons. The van der Waals surface area contributed by atoms with Gasteiger partial charge in [0, 0.05) is 31.2 Å². The van der Waals surface area contributed by atoms with Crippen molar-refractivity contribution in [2.45, 2.75) is 13.8 Å². The highest BCUT2D eigenvalue weighted by Gasteiger charge is 2.14. The first-order valence-corrected chi connectivity index (χ1v) is 7.13. The fourth-order valence-corrected chi connectivity index (χ4v) is 2.46. The smallest absolute Gasteiger partial charge is 0.264 e. The minimum atomic E-state index is -0.334. The van der Waals surface area contributed by atoms with Crippen LogP contribution in [0, 0.1) is 31.0 Å². The van der Waals surface area contributed by atoms with Crippen LogP contribution >= 0.6 is 0 Å². The summed E-state index contributed by atoms with van der Waals surface area (Å²) < 4.78 is 15.1. The van der Waals surface area contributed by atoms with Gasteiger partial charge in [0.15, 0.2) is 0 Å². The molecule has 0 aliphatic rings. The lowest BCUT2D eigenvalue weighted by molar-refractivity contribution is -0.124. The highest BCUT2D eigenvalue weighted by Crippen LogP contribution is 2.23. The topological polar surface area (TPSA) is 49.0 Å². The van der Waals surface area contributed by atoms with E-state index in [0.29, 0.717) is 0 Å². The molecule has 0 bridgehead atoms. The summed E-state index contributed by atoms with van der Waals surface area (Å²) in [7, 11) is 3.21. The van der Waals surface area contributed by atoms with Crippen molar-refractivity contribution in [1.29, 1.82) is 5.26 Å². The van der Waals surface area contributed by atoms with Crippen molar-refractivity contribution in [3.05, 3.63) is 58.7 Å². The Bertz CT molecular complexity index is 808. The molecule has 5 heteroatoms. The third kappa shape index (κ3) is 3.32. The van der Waals surface area contributed by atoms with Crippen molar-refractivity contribution < 1.29 is 9.18 Å². The maximum atomic E-state index is 13.1. The van der Waals surface area contributed by atoms with Crippen LogP contribution in [0.2, 0.25) is 0 Å². The quantitative estimate of drug-likeness (QED) is 0.645. The maximum absolute atomic E-state index is 13.1. The summed E-state index contributed by atoms with van der Waals surface area (Å²) in [6.45, 7) is 3.82. The van der Waals surface area contributed by atoms with E-state index in [0.717, 1.165) is 22.6 Å². The van der Waals surface area contributed by atoms with Crippen LogP contribution in [0.5, 0.6) is 0 Å². The van der Waals surface area contributed by atoms with Gasteiger partial charge in [-0.15, -0.1) is 0 Å². The van der Waals surface area contributed by atoms with E-state index >= 15 is 0 Å². The molecule has 0 N–H and O–H groups in total. The van der Waals surface area contributed by atoms with Gasteiger partial charge in [0.25, 0.3) is 5.91 Å². The molecule has 1 aromatic carbocycles. The first-order chi connectivity index (χ1) is 10.8. The van der Waals surface area contributed by atoms with Crippen molar-refractivity contribution in [2.24, 2.45) is 0 Å². The van der Waals surface area contributed by atoms with E-state index in [1.165, 1.54) is 17.0 Å². The van der Waals surface area contributed by atoms with Crippen LogP contribution in [0.15, 0.2) is 35.9 Å². The number of likely N-dealkylation sites (N-methyl/N-ethyl adjacent to an activating group) is 1. The Morgan fingerprint density at radius 3 is 2.39 bits per heavy atom. The monoisotopic (exact) mass is 311 g/mol. The number of hydrogen-bond acceptors (Lipinski definition) is 2. The van der Waals surface area contributed by atoms with E-state index in [2.05, 4.69) is 0 Å². The van der Waals surface area contributed by atoms with Gasteiger partial charge in [0.2, 0.25) is 0 Å². The van der Waals surface area contributed by atoms with E-state index in [1.54, 1.807) is 32.3 Å². The average molecular weight is 311 g/mol. The Balaban J connectivity index is 2.51. The summed E-state index contributed by atoms with van der Waals surface area (Å²) in [5.41, 5.74) is 3.52. The fraction of sp³-hybridized carbons (Fsp3) is 0.222. The normalized spacial score (nSPS) is 11.2. The second kappa shape index (κ2) is 6.49. The van der Waals surface area contributed by atoms with Gasteiger partial charge in [0.1, 0.15) is 17.5 Å². The van der Waals surface area contributed by atoms with Crippen molar-refractivity contribution in [1.82, 2.24) is 9.47 Å². The van der Waals surface area contributed by atoms with Crippen molar-refractivity contribution >= 4 is 12.0 Å². The lowest BCUT2D eigenvalue weighted by atomic mass is 10.1. The van der Waals surface area contributed by atoms with E-state index in [4.69, 9.17) is 0 Å². The molecule has 1 heterocycles. The molecule has 4 nitrogen and oxygen atoms in total. The van der Waals surface area contributed by atoms with Gasteiger partial charge in [-0.2, -0.15) is 5.26 Å². The van der Waals surface area contributed by atoms with E-state index in [1.807, 2.05) is 30.6 Å². The Morgan fingerprint density at radius 2 is 1.87 bits per heavy atom. The minimum absolute atomic E-state index is 0.0781. The second-order valence-electron chi connectivity index (χ2n) is 5.51. The molecule has 0 aliphatic carbocycles. The number of amides is 1. The molecule has 2 aromatic rings. The molecule has 2 rings (SSSR count). The molecule has 0 fully saturated rings. The number of carbonyl (C=O) groups is 1. The van der Waals surface area contributed by atoms with E-state index in [-0.39, 0.29) is 17.3 Å². The van der Waals surface area contributed by atoms with Crippen molar-refractivity contribution in [3.63, 3.8) is 0 Å². The summed E-state index contributed by atoms with van der Waals surface area (Å²) in [4.78, 5) is 13.3. The standard InChI is InChI=1S/C18H18FN3O/c1-12-9-14(10-15(11-20)18(23)21(3)4)13(2)22(12)17-7-5-16(19)6-8-17/h5-10H,1-4H3/b15-10-. The molecule has 0 aliphatic heterocycles. The lowest BCUT2D eigenvalue weighted by Gasteiger charge is -2.10. The Morgan fingerprint density at radius 1 is 1.26 bits per heavy atom. The van der Waals surface area contributed by atoms with Crippen molar-refractivity contribution in [2.75, 3.05) is 14.1 Å². The molecular formula is C18H18FN3O. The second-order valence-corrected chi connectivity index (χ2v) is 5.51. The predicted octanol–water partition coefficient (Wildman–Crippen LogP) is 3.23. The molecule has 118 valence electrons. The summed E-state index contributed by atoms with van der Waals surface area (Å²) in [5, 5.41) is 9.21. The summed E-state index contributed by atoms with van der Waals surface area (Å²) >= 11 is 0. The van der Waals surface area contributed by atoms with Gasteiger partial charge >= 0.3 is 0 Å². The molecule has 0 saturated carbocycles. The number of rotatable bonds is 3. The molecule has 1 aromatic heterocycles. The van der Waals surface area contributed by atoms with Gasteiger partial charge in [-0.25, -0.2) is 4.39 Å². The summed E-state index contributed by atoms with van der Waals surface area (Å²) in [6, 6.07) is 10.0. The molecule has 1 amide bonds. The SMILES string of the molecule is Cc1cc(/C=C(/C#N)C(=O)N(C)C)c(C)n1-c1ccc(F)cc1. The molecule has 0 spiro atoms. The van der Waals surface area contributed by atoms with Crippen LogP contribution < -0.4 is 0 Å². The van der Waals surface area contributed by atoms with Gasteiger partial charge in [-0.1, -0.05) is 0 Å². The molecule has 0 atom stereocenters. The molecular weight excluding hydrogens is 293 g/mol. The first-order valence-electron chi connectivity index (χ1n) is 7.13. The Labute approximate surface area is 135 Å². The number of nitriles is 1. The Kier molecular flexibility index (Phi) is 4.65. The number of hydrogen-bond donors (Lipinski definition) is 0. The average Bonchev–Trinajstić information content (AvgIpc) is 2.79. The highest BCUT2D eigenvalue weighted by molar-refractivity contribution is 6.01. The van der Waals surface area contributed by atoms with Crippen molar-refractivity contribution in [3.8, 4) is 11.8 Å². The summed E-state index contributed by atoms with van der Waals surface area (Å²) in [5.74, 6) is -0.626. The highest BCUT2D eigenvalue weighted by atomic mass is 19.1. The number of aromatic nitrogens is 1. The zero-order valence-corrected chi connectivity index (χ0v) is 13.6. The molecule has 0 unspecified atom stereocenters. The number of aryl methyl sites for hydroxylation is 1. The van der Waals surface area contributed by atoms with Crippen LogP contribution in [-0.4, -0.2) is 29.5 Å². The summed E-state index contributed by atoms with van der Waals surface area (Å²) in [6.07, 6.45) is 1.59. The third-order valence-corrected chi connectivity index (χ3v) is 3.61. The largest absolute Gasteiger partial charge is 0.344 e. The fourth-order valence-electron chi connectivity index (χ4n) is 2.46. The number of carbonyl (C=O) groups excluding carboxylic acids is 1. The minimum Gasteiger partial charge on any atom is -0.344 e.